The lowest BCUT2D eigenvalue weighted by Crippen LogP contribution is -1.77. The van der Waals surface area contributed by atoms with E-state index in [1.54, 1.807) is 11.3 Å². The highest BCUT2D eigenvalue weighted by atomic mass is 35.5. The molecule has 0 saturated carbocycles. The van der Waals surface area contributed by atoms with Crippen LogP contribution in [-0.2, 0) is 0 Å². The molecule has 14 heavy (non-hydrogen) atoms. The lowest BCUT2D eigenvalue weighted by molar-refractivity contribution is 1.40. The predicted molar refractivity (Wildman–Crippen MR) is 62.2 cm³/mol. The van der Waals surface area contributed by atoms with Crippen LogP contribution in [0.3, 0.4) is 0 Å². The molecule has 0 bridgehead atoms. The van der Waals surface area contributed by atoms with E-state index >= 15 is 0 Å². The normalized spacial score (nSPS) is 10.3. The molecular formula is C10H7ClN2S. The van der Waals surface area contributed by atoms with E-state index < -0.39 is 0 Å². The van der Waals surface area contributed by atoms with E-state index in [4.69, 9.17) is 0 Å². The molecule has 0 aliphatic rings. The van der Waals surface area contributed by atoms with E-state index in [1.807, 2.05) is 29.9 Å². The van der Waals surface area contributed by atoms with Crippen LogP contribution in [0.1, 0.15) is 0 Å². The number of nitrogens with zero attached hydrogens (tertiary/aromatic N) is 2. The van der Waals surface area contributed by atoms with E-state index in [1.165, 1.54) is 10.1 Å². The van der Waals surface area contributed by atoms with Gasteiger partial charge in [0, 0.05) is 5.39 Å². The van der Waals surface area contributed by atoms with Gasteiger partial charge in [0.15, 0.2) is 0 Å². The fourth-order valence-corrected chi connectivity index (χ4v) is 2.25. The Labute approximate surface area is 91.0 Å². The summed E-state index contributed by atoms with van der Waals surface area (Å²) in [5.74, 6) is 0. The quantitative estimate of drug-likeness (QED) is 0.584. The minimum atomic E-state index is 0. The molecule has 0 spiro atoms. The molecule has 0 fully saturated rings. The number of hydrogen-bond acceptors (Lipinski definition) is 3. The van der Waals surface area contributed by atoms with Crippen molar-refractivity contribution in [3.8, 4) is 0 Å². The third-order valence-corrected chi connectivity index (χ3v) is 2.95. The van der Waals surface area contributed by atoms with Crippen LogP contribution in [-0.4, -0.2) is 9.97 Å². The van der Waals surface area contributed by atoms with Crippen molar-refractivity contribution in [1.29, 1.82) is 0 Å². The lowest BCUT2D eigenvalue weighted by atomic mass is 10.2. The minimum Gasteiger partial charge on any atom is -0.254 e. The molecule has 70 valence electrons. The SMILES string of the molecule is Cl.c1ccc2c(c1)ncc1ncsc12. The number of aromatic nitrogens is 2. The van der Waals surface area contributed by atoms with Gasteiger partial charge in [-0.2, -0.15) is 0 Å². The van der Waals surface area contributed by atoms with Crippen LogP contribution in [0.5, 0.6) is 0 Å². The van der Waals surface area contributed by atoms with E-state index in [0.29, 0.717) is 0 Å². The van der Waals surface area contributed by atoms with Crippen LogP contribution in [0.25, 0.3) is 21.1 Å². The summed E-state index contributed by atoms with van der Waals surface area (Å²) in [6.45, 7) is 0. The molecule has 0 amide bonds. The molecule has 1 aromatic carbocycles. The Morgan fingerprint density at radius 2 is 1.86 bits per heavy atom. The Bertz CT molecular complexity index is 576. The Hall–Kier alpha value is -1.19. The van der Waals surface area contributed by atoms with Gasteiger partial charge in [0.25, 0.3) is 0 Å². The van der Waals surface area contributed by atoms with Gasteiger partial charge in [-0.3, -0.25) is 4.98 Å². The van der Waals surface area contributed by atoms with Crippen LogP contribution >= 0.6 is 23.7 Å². The first-order chi connectivity index (χ1) is 6.45. The molecular weight excluding hydrogens is 216 g/mol. The summed E-state index contributed by atoms with van der Waals surface area (Å²) in [5.41, 5.74) is 3.89. The minimum absolute atomic E-state index is 0. The van der Waals surface area contributed by atoms with E-state index in [0.717, 1.165) is 11.0 Å². The molecule has 0 N–H and O–H groups in total. The van der Waals surface area contributed by atoms with E-state index in [2.05, 4.69) is 16.0 Å². The second kappa shape index (κ2) is 3.52. The van der Waals surface area contributed by atoms with Gasteiger partial charge in [0.2, 0.25) is 0 Å². The van der Waals surface area contributed by atoms with Crippen molar-refractivity contribution in [2.75, 3.05) is 0 Å². The first-order valence-electron chi connectivity index (χ1n) is 4.02. The van der Waals surface area contributed by atoms with Crippen LogP contribution < -0.4 is 0 Å². The number of hydrogen-bond donors (Lipinski definition) is 0. The van der Waals surface area contributed by atoms with Crippen molar-refractivity contribution in [2.24, 2.45) is 0 Å². The first-order valence-corrected chi connectivity index (χ1v) is 4.90. The number of thiazole rings is 1. The van der Waals surface area contributed by atoms with Crippen molar-refractivity contribution >= 4 is 44.9 Å². The summed E-state index contributed by atoms with van der Waals surface area (Å²) in [6, 6.07) is 8.14. The second-order valence-electron chi connectivity index (χ2n) is 2.84. The molecule has 2 heterocycles. The highest BCUT2D eigenvalue weighted by molar-refractivity contribution is 7.17. The topological polar surface area (TPSA) is 25.8 Å². The average Bonchev–Trinajstić information content (AvgIpc) is 2.65. The van der Waals surface area contributed by atoms with Gasteiger partial charge in [-0.05, 0) is 6.07 Å². The monoisotopic (exact) mass is 222 g/mol. The van der Waals surface area contributed by atoms with Crippen LogP contribution in [0.4, 0.5) is 0 Å². The van der Waals surface area contributed by atoms with Crippen molar-refractivity contribution in [3.05, 3.63) is 36.0 Å². The van der Waals surface area contributed by atoms with Crippen LogP contribution in [0.2, 0.25) is 0 Å². The number of halogens is 1. The molecule has 3 rings (SSSR count). The maximum absolute atomic E-state index is 4.33. The van der Waals surface area contributed by atoms with E-state index in [9.17, 15) is 0 Å². The summed E-state index contributed by atoms with van der Waals surface area (Å²) < 4.78 is 1.23. The average molecular weight is 223 g/mol. The third kappa shape index (κ3) is 1.25. The Morgan fingerprint density at radius 1 is 1.00 bits per heavy atom. The van der Waals surface area contributed by atoms with Gasteiger partial charge in [0.05, 0.1) is 21.9 Å². The Morgan fingerprint density at radius 3 is 2.79 bits per heavy atom. The van der Waals surface area contributed by atoms with E-state index in [-0.39, 0.29) is 12.4 Å². The zero-order valence-corrected chi connectivity index (χ0v) is 8.81. The Balaban J connectivity index is 0.000000750. The third-order valence-electron chi connectivity index (χ3n) is 2.07. The van der Waals surface area contributed by atoms with Gasteiger partial charge >= 0.3 is 0 Å². The van der Waals surface area contributed by atoms with Crippen molar-refractivity contribution in [2.45, 2.75) is 0 Å². The van der Waals surface area contributed by atoms with Crippen LogP contribution in [0, 0.1) is 0 Å². The smallest absolute Gasteiger partial charge is 0.100 e. The second-order valence-corrected chi connectivity index (χ2v) is 3.70. The summed E-state index contributed by atoms with van der Waals surface area (Å²) in [4.78, 5) is 8.55. The largest absolute Gasteiger partial charge is 0.254 e. The van der Waals surface area contributed by atoms with Gasteiger partial charge in [-0.1, -0.05) is 18.2 Å². The molecule has 0 aliphatic carbocycles. The maximum atomic E-state index is 4.33. The zero-order chi connectivity index (χ0) is 8.67. The molecule has 4 heteroatoms. The molecule has 0 aliphatic heterocycles. The molecule has 2 aromatic heterocycles. The first kappa shape index (κ1) is 9.37. The number of pyridine rings is 1. The Kier molecular flexibility index (Phi) is 2.35. The highest BCUT2D eigenvalue weighted by Gasteiger charge is 2.01. The summed E-state index contributed by atoms with van der Waals surface area (Å²) in [7, 11) is 0. The number of rotatable bonds is 0. The maximum Gasteiger partial charge on any atom is 0.100 e. The zero-order valence-electron chi connectivity index (χ0n) is 7.18. The molecule has 0 radical (unpaired) electrons. The lowest BCUT2D eigenvalue weighted by Gasteiger charge is -1.95. The summed E-state index contributed by atoms with van der Waals surface area (Å²) >= 11 is 1.67. The van der Waals surface area contributed by atoms with Gasteiger partial charge < -0.3 is 0 Å². The molecule has 0 unspecified atom stereocenters. The van der Waals surface area contributed by atoms with Gasteiger partial charge in [0.1, 0.15) is 5.52 Å². The summed E-state index contributed by atoms with van der Waals surface area (Å²) in [5, 5.41) is 1.20. The number of fused-ring (bicyclic) bond motifs is 3. The fourth-order valence-electron chi connectivity index (χ4n) is 1.46. The number of benzene rings is 1. The predicted octanol–water partition coefficient (Wildman–Crippen LogP) is 3.27. The molecule has 3 aromatic rings. The fraction of sp³-hybridized carbons (Fsp3) is 0. The number of para-hydroxylation sites is 1. The molecule has 0 saturated heterocycles. The van der Waals surface area contributed by atoms with Crippen molar-refractivity contribution in [1.82, 2.24) is 9.97 Å². The molecule has 0 atom stereocenters. The van der Waals surface area contributed by atoms with Crippen molar-refractivity contribution in [3.63, 3.8) is 0 Å². The van der Waals surface area contributed by atoms with Crippen LogP contribution in [0.15, 0.2) is 36.0 Å². The van der Waals surface area contributed by atoms with Crippen molar-refractivity contribution < 1.29 is 0 Å². The summed E-state index contributed by atoms with van der Waals surface area (Å²) in [6.07, 6.45) is 1.83. The standard InChI is InChI=1S/C10H6N2S.ClH/c1-2-4-8-7(3-1)10-9(5-11-8)12-6-13-10;/h1-6H;1H. The highest BCUT2D eigenvalue weighted by Crippen LogP contribution is 2.25. The molecule has 2 nitrogen and oxygen atoms in total. The van der Waals surface area contributed by atoms with Gasteiger partial charge in [-0.25, -0.2) is 4.98 Å². The van der Waals surface area contributed by atoms with Gasteiger partial charge in [-0.15, -0.1) is 23.7 Å².